The highest BCUT2D eigenvalue weighted by Crippen LogP contribution is 2.18. The fraction of sp³-hybridized carbons (Fsp3) is 0.714. The smallest absolute Gasteiger partial charge is 0.172 e. The molecule has 0 bridgehead atoms. The van der Waals surface area contributed by atoms with Gasteiger partial charge in [0.15, 0.2) is 11.6 Å². The minimum Gasteiger partial charge on any atom is -0.515 e. The van der Waals surface area contributed by atoms with Crippen LogP contribution in [0.1, 0.15) is 47.5 Å². The van der Waals surface area contributed by atoms with Crippen molar-refractivity contribution < 1.29 is 14.7 Å². The maximum absolute atomic E-state index is 12.0. The molecule has 3 nitrogen and oxygen atoms in total. The summed E-state index contributed by atoms with van der Waals surface area (Å²) in [4.78, 5) is 23.7. The molecule has 0 rings (SSSR count). The summed E-state index contributed by atoms with van der Waals surface area (Å²) in [5.41, 5.74) is -0.0590. The molecular weight excluding hydrogens is 216 g/mol. The first kappa shape index (κ1) is 15.9. The van der Waals surface area contributed by atoms with E-state index in [1.165, 1.54) is 0 Å². The lowest BCUT2D eigenvalue weighted by molar-refractivity contribution is -0.125. The first-order valence-corrected chi connectivity index (χ1v) is 6.24. The van der Waals surface area contributed by atoms with E-state index in [4.69, 9.17) is 5.11 Å². The Kier molecular flexibility index (Phi) is 6.78. The van der Waals surface area contributed by atoms with Crippen molar-refractivity contribution in [2.45, 2.75) is 47.5 Å². The topological polar surface area (TPSA) is 54.4 Å². The van der Waals surface area contributed by atoms with Gasteiger partial charge in [0.1, 0.15) is 0 Å². The Morgan fingerprint density at radius 2 is 1.53 bits per heavy atom. The quantitative estimate of drug-likeness (QED) is 0.321. The van der Waals surface area contributed by atoms with Crippen molar-refractivity contribution in [2.24, 2.45) is 17.8 Å². The molecule has 0 amide bonds. The molecule has 0 aromatic heterocycles. The van der Waals surface area contributed by atoms with Crippen LogP contribution in [0.4, 0.5) is 0 Å². The number of aliphatic hydroxyl groups excluding tert-OH is 1. The average molecular weight is 240 g/mol. The molecule has 3 heteroatoms. The second-order valence-corrected chi connectivity index (χ2v) is 5.30. The second-order valence-electron chi connectivity index (χ2n) is 5.30. The first-order chi connectivity index (χ1) is 7.81. The van der Waals surface area contributed by atoms with Crippen LogP contribution in [0.5, 0.6) is 0 Å². The first-order valence-electron chi connectivity index (χ1n) is 6.24. The van der Waals surface area contributed by atoms with E-state index in [9.17, 15) is 9.59 Å². The molecule has 1 atom stereocenters. The van der Waals surface area contributed by atoms with Gasteiger partial charge in [-0.15, -0.1) is 0 Å². The predicted molar refractivity (Wildman–Crippen MR) is 68.8 cm³/mol. The molecule has 0 aliphatic carbocycles. The molecule has 0 aromatic rings. The second kappa shape index (κ2) is 7.25. The van der Waals surface area contributed by atoms with Gasteiger partial charge < -0.3 is 5.11 Å². The van der Waals surface area contributed by atoms with Gasteiger partial charge in [0.25, 0.3) is 0 Å². The highest BCUT2D eigenvalue weighted by atomic mass is 16.2. The molecule has 0 aromatic carbocycles. The van der Waals surface area contributed by atoms with Crippen molar-refractivity contribution in [3.63, 3.8) is 0 Å². The lowest BCUT2D eigenvalue weighted by Gasteiger charge is -2.14. The number of ketones is 2. The van der Waals surface area contributed by atoms with Crippen molar-refractivity contribution in [3.05, 3.63) is 11.8 Å². The van der Waals surface area contributed by atoms with E-state index < -0.39 is 0 Å². The zero-order chi connectivity index (χ0) is 13.6. The molecule has 17 heavy (non-hydrogen) atoms. The number of carbonyl (C=O) groups excluding carboxylic acids is 2. The van der Waals surface area contributed by atoms with Crippen LogP contribution in [0, 0.1) is 17.8 Å². The molecule has 0 aliphatic rings. The molecule has 0 fully saturated rings. The number of allylic oxidation sites excluding steroid dienone is 1. The van der Waals surface area contributed by atoms with E-state index in [2.05, 4.69) is 13.8 Å². The Hall–Kier alpha value is -1.12. The van der Waals surface area contributed by atoms with Gasteiger partial charge in [-0.05, 0) is 12.3 Å². The Labute approximate surface area is 104 Å². The average Bonchev–Trinajstić information content (AvgIpc) is 2.26. The predicted octanol–water partition coefficient (Wildman–Crippen LogP) is 3.29. The molecule has 0 aliphatic heterocycles. The third-order valence-corrected chi connectivity index (χ3v) is 2.81. The maximum atomic E-state index is 12.0. The summed E-state index contributed by atoms with van der Waals surface area (Å²) in [6, 6.07) is 0. The Morgan fingerprint density at radius 1 is 1.00 bits per heavy atom. The minimum atomic E-state index is -0.283. The molecule has 0 saturated heterocycles. The number of rotatable bonds is 7. The molecule has 98 valence electrons. The largest absolute Gasteiger partial charge is 0.515 e. The van der Waals surface area contributed by atoms with Gasteiger partial charge in [-0.1, -0.05) is 41.0 Å². The summed E-state index contributed by atoms with van der Waals surface area (Å²) in [7, 11) is 0. The van der Waals surface area contributed by atoms with Crippen LogP contribution in [0.25, 0.3) is 0 Å². The maximum Gasteiger partial charge on any atom is 0.172 e. The van der Waals surface area contributed by atoms with E-state index in [0.717, 1.165) is 12.8 Å². The number of hydrogen-bond donors (Lipinski definition) is 1. The van der Waals surface area contributed by atoms with Crippen LogP contribution in [0.15, 0.2) is 11.8 Å². The molecule has 1 unspecified atom stereocenters. The molecule has 0 radical (unpaired) electrons. The van der Waals surface area contributed by atoms with Crippen molar-refractivity contribution in [1.82, 2.24) is 0 Å². The number of aliphatic hydroxyl groups is 1. The summed E-state index contributed by atoms with van der Waals surface area (Å²) in [5.74, 6) is -0.471. The van der Waals surface area contributed by atoms with Crippen molar-refractivity contribution in [1.29, 1.82) is 0 Å². The van der Waals surface area contributed by atoms with E-state index in [1.54, 1.807) is 13.8 Å². The van der Waals surface area contributed by atoms with E-state index in [1.807, 2.05) is 6.92 Å². The third-order valence-electron chi connectivity index (χ3n) is 2.81. The van der Waals surface area contributed by atoms with Gasteiger partial charge >= 0.3 is 0 Å². The van der Waals surface area contributed by atoms with Crippen LogP contribution in [-0.2, 0) is 9.59 Å². The van der Waals surface area contributed by atoms with E-state index in [-0.39, 0.29) is 29.0 Å². The lowest BCUT2D eigenvalue weighted by atomic mass is 9.88. The van der Waals surface area contributed by atoms with Gasteiger partial charge in [-0.3, -0.25) is 9.59 Å². The van der Waals surface area contributed by atoms with Crippen LogP contribution >= 0.6 is 0 Å². The number of Topliss-reactive ketones (excluding diaryl/α,β-unsaturated/α-hetero) is 2. The zero-order valence-electron chi connectivity index (χ0n) is 11.5. The van der Waals surface area contributed by atoms with Crippen molar-refractivity contribution in [2.75, 3.05) is 0 Å². The zero-order valence-corrected chi connectivity index (χ0v) is 11.5. The monoisotopic (exact) mass is 240 g/mol. The lowest BCUT2D eigenvalue weighted by Crippen LogP contribution is -2.23. The van der Waals surface area contributed by atoms with Crippen LogP contribution in [0.2, 0.25) is 0 Å². The summed E-state index contributed by atoms with van der Waals surface area (Å²) >= 11 is 0. The summed E-state index contributed by atoms with van der Waals surface area (Å²) in [5, 5.41) is 9.04. The van der Waals surface area contributed by atoms with Crippen molar-refractivity contribution >= 4 is 11.6 Å². The van der Waals surface area contributed by atoms with Crippen LogP contribution < -0.4 is 0 Å². The number of carbonyl (C=O) groups is 2. The van der Waals surface area contributed by atoms with Crippen LogP contribution in [0.3, 0.4) is 0 Å². The SMILES string of the molecule is CC(C)CCC(C)C(=O)/C(=C/O)C(=O)C(C)C. The molecule has 0 heterocycles. The highest BCUT2D eigenvalue weighted by Gasteiger charge is 2.25. The molecule has 0 spiro atoms. The standard InChI is InChI=1S/C14H24O3/c1-9(2)6-7-11(5)14(17)12(8-15)13(16)10(3)4/h8-11,15H,6-7H2,1-5H3/b12-8+. The normalized spacial score (nSPS) is 14.2. The Morgan fingerprint density at radius 3 is 1.88 bits per heavy atom. The fourth-order valence-electron chi connectivity index (χ4n) is 1.54. The fourth-order valence-corrected chi connectivity index (χ4v) is 1.54. The Bertz CT molecular complexity index is 301. The molecule has 1 N–H and O–H groups in total. The van der Waals surface area contributed by atoms with Crippen molar-refractivity contribution in [3.8, 4) is 0 Å². The highest BCUT2D eigenvalue weighted by molar-refractivity contribution is 6.21. The van der Waals surface area contributed by atoms with E-state index >= 15 is 0 Å². The van der Waals surface area contributed by atoms with Gasteiger partial charge in [0.2, 0.25) is 0 Å². The molecule has 0 saturated carbocycles. The summed E-state index contributed by atoms with van der Waals surface area (Å²) in [6.45, 7) is 9.44. The van der Waals surface area contributed by atoms with Gasteiger partial charge in [0.05, 0.1) is 11.8 Å². The third kappa shape index (κ3) is 5.16. The van der Waals surface area contributed by atoms with Crippen LogP contribution in [-0.4, -0.2) is 16.7 Å². The van der Waals surface area contributed by atoms with Gasteiger partial charge in [-0.2, -0.15) is 0 Å². The van der Waals surface area contributed by atoms with E-state index in [0.29, 0.717) is 12.2 Å². The molecular formula is C14H24O3. The van der Waals surface area contributed by atoms with Gasteiger partial charge in [-0.25, -0.2) is 0 Å². The summed E-state index contributed by atoms with van der Waals surface area (Å²) in [6.07, 6.45) is 2.36. The minimum absolute atomic E-state index is 0.0590. The summed E-state index contributed by atoms with van der Waals surface area (Å²) < 4.78 is 0. The number of hydrogen-bond acceptors (Lipinski definition) is 3. The van der Waals surface area contributed by atoms with Gasteiger partial charge in [0, 0.05) is 11.8 Å². The Balaban J connectivity index is 4.61.